The van der Waals surface area contributed by atoms with Gasteiger partial charge < -0.3 is 0 Å². The van der Waals surface area contributed by atoms with Gasteiger partial charge in [-0.15, -0.1) is 0 Å². The summed E-state index contributed by atoms with van der Waals surface area (Å²) < 4.78 is 1.36. The molecule has 0 aliphatic heterocycles. The Morgan fingerprint density at radius 1 is 1.14 bits per heavy atom. The number of carbonyl (C=O) groups excluding carboxylic acids is 1. The van der Waals surface area contributed by atoms with E-state index in [4.69, 9.17) is 11.6 Å². The summed E-state index contributed by atoms with van der Waals surface area (Å²) in [5.74, 6) is -0.408. The first-order valence-electron chi connectivity index (χ1n) is 6.37. The number of aromatic nitrogens is 2. The third-order valence-electron chi connectivity index (χ3n) is 3.26. The summed E-state index contributed by atoms with van der Waals surface area (Å²) in [4.78, 5) is 29.5. The number of carbonyl (C=O) groups is 1. The summed E-state index contributed by atoms with van der Waals surface area (Å²) >= 11 is 6.04. The van der Waals surface area contributed by atoms with Crippen molar-refractivity contribution in [2.24, 2.45) is 0 Å². The molecule has 104 valence electrons. The molecule has 0 saturated heterocycles. The number of pyridine rings is 1. The van der Waals surface area contributed by atoms with E-state index in [9.17, 15) is 9.59 Å². The van der Waals surface area contributed by atoms with Crippen LogP contribution in [-0.2, 0) is 0 Å². The third-order valence-corrected chi connectivity index (χ3v) is 3.59. The van der Waals surface area contributed by atoms with Gasteiger partial charge in [-0.05, 0) is 31.2 Å². The van der Waals surface area contributed by atoms with Crippen LogP contribution in [0.25, 0.3) is 5.65 Å². The van der Waals surface area contributed by atoms with Gasteiger partial charge in [0.15, 0.2) is 0 Å². The number of fused-ring (bicyclic) bond motifs is 1. The van der Waals surface area contributed by atoms with E-state index in [1.54, 1.807) is 55.6 Å². The molecule has 3 aromatic rings. The van der Waals surface area contributed by atoms with Crippen LogP contribution >= 0.6 is 11.6 Å². The Hall–Kier alpha value is -2.46. The molecule has 1 aromatic carbocycles. The number of hydrogen-bond donors (Lipinski definition) is 0. The number of hydrogen-bond acceptors (Lipinski definition) is 3. The quantitative estimate of drug-likeness (QED) is 0.684. The van der Waals surface area contributed by atoms with E-state index >= 15 is 0 Å². The molecular weight excluding hydrogens is 288 g/mol. The van der Waals surface area contributed by atoms with Gasteiger partial charge in [0, 0.05) is 11.8 Å². The smallest absolute Gasteiger partial charge is 0.269 e. The van der Waals surface area contributed by atoms with Crippen LogP contribution in [0.3, 0.4) is 0 Å². The molecule has 0 spiro atoms. The Bertz CT molecular complexity index is 916. The summed E-state index contributed by atoms with van der Waals surface area (Å²) in [5.41, 5.74) is 0.874. The van der Waals surface area contributed by atoms with Gasteiger partial charge in [0.2, 0.25) is 5.78 Å². The largest absolute Gasteiger partial charge is 0.288 e. The molecule has 4 nitrogen and oxygen atoms in total. The van der Waals surface area contributed by atoms with Crippen LogP contribution in [0.2, 0.25) is 5.02 Å². The summed E-state index contributed by atoms with van der Waals surface area (Å²) in [5, 5.41) is 0.319. The molecule has 3 rings (SSSR count). The summed E-state index contributed by atoms with van der Waals surface area (Å²) in [7, 11) is 0. The fourth-order valence-corrected chi connectivity index (χ4v) is 2.46. The first-order valence-corrected chi connectivity index (χ1v) is 6.74. The lowest BCUT2D eigenvalue weighted by Crippen LogP contribution is -2.25. The van der Waals surface area contributed by atoms with Gasteiger partial charge in [0.05, 0.1) is 10.7 Å². The molecule has 0 N–H and O–H groups in total. The van der Waals surface area contributed by atoms with Crippen LogP contribution < -0.4 is 5.56 Å². The van der Waals surface area contributed by atoms with Crippen molar-refractivity contribution in [1.29, 1.82) is 0 Å². The second-order valence-corrected chi connectivity index (χ2v) is 5.02. The predicted octanol–water partition coefficient (Wildman–Crippen LogP) is 2.89. The average molecular weight is 299 g/mol. The zero-order chi connectivity index (χ0) is 15.0. The highest BCUT2D eigenvalue weighted by Gasteiger charge is 2.20. The van der Waals surface area contributed by atoms with Crippen molar-refractivity contribution in [3.05, 3.63) is 80.9 Å². The maximum Gasteiger partial charge on any atom is 0.269 e. The van der Waals surface area contributed by atoms with Crippen LogP contribution in [-0.4, -0.2) is 15.2 Å². The van der Waals surface area contributed by atoms with Gasteiger partial charge in [-0.25, -0.2) is 4.98 Å². The Labute approximate surface area is 125 Å². The van der Waals surface area contributed by atoms with Crippen LogP contribution in [0.5, 0.6) is 0 Å². The molecule has 0 atom stereocenters. The molecular formula is C16H11ClN2O2. The van der Waals surface area contributed by atoms with Gasteiger partial charge >= 0.3 is 0 Å². The van der Waals surface area contributed by atoms with E-state index < -0.39 is 5.78 Å². The average Bonchev–Trinajstić information content (AvgIpc) is 2.47. The highest BCUT2D eigenvalue weighted by atomic mass is 35.5. The minimum atomic E-state index is -0.408. The Morgan fingerprint density at radius 3 is 2.62 bits per heavy atom. The molecule has 0 saturated carbocycles. The van der Waals surface area contributed by atoms with Crippen molar-refractivity contribution in [3.8, 4) is 0 Å². The van der Waals surface area contributed by atoms with Crippen molar-refractivity contribution in [3.63, 3.8) is 0 Å². The van der Waals surface area contributed by atoms with Crippen molar-refractivity contribution >= 4 is 23.0 Å². The maximum atomic E-state index is 12.6. The normalized spacial score (nSPS) is 10.8. The van der Waals surface area contributed by atoms with E-state index in [2.05, 4.69) is 4.98 Å². The molecule has 0 aliphatic carbocycles. The van der Waals surface area contributed by atoms with E-state index in [0.29, 0.717) is 21.9 Å². The number of ketones is 1. The first-order chi connectivity index (χ1) is 10.1. The first kappa shape index (κ1) is 13.5. The topological polar surface area (TPSA) is 51.4 Å². The predicted molar refractivity (Wildman–Crippen MR) is 81.1 cm³/mol. The number of halogens is 1. The standard InChI is InChI=1S/C16H11ClN2O2/c1-10-14(15(20)11-6-2-3-7-12(11)17)16(21)19-9-5-4-8-13(19)18-10/h2-9H,1H3. The fourth-order valence-electron chi connectivity index (χ4n) is 2.24. The van der Waals surface area contributed by atoms with Gasteiger partial charge in [0.25, 0.3) is 5.56 Å². The molecule has 0 aliphatic rings. The van der Waals surface area contributed by atoms with E-state index in [1.807, 2.05) is 0 Å². The molecule has 0 amide bonds. The van der Waals surface area contributed by atoms with Crippen molar-refractivity contribution in [2.45, 2.75) is 6.92 Å². The molecule has 0 radical (unpaired) electrons. The van der Waals surface area contributed by atoms with Crippen LogP contribution in [0.4, 0.5) is 0 Å². The molecule has 0 bridgehead atoms. The number of rotatable bonds is 2. The Kier molecular flexibility index (Phi) is 3.31. The second kappa shape index (κ2) is 5.14. The van der Waals surface area contributed by atoms with Crippen molar-refractivity contribution in [1.82, 2.24) is 9.38 Å². The zero-order valence-electron chi connectivity index (χ0n) is 11.2. The lowest BCUT2D eigenvalue weighted by Gasteiger charge is -2.08. The SMILES string of the molecule is Cc1nc2ccccn2c(=O)c1C(=O)c1ccccc1Cl. The van der Waals surface area contributed by atoms with E-state index in [-0.39, 0.29) is 11.1 Å². The van der Waals surface area contributed by atoms with E-state index in [0.717, 1.165) is 0 Å². The highest BCUT2D eigenvalue weighted by Crippen LogP contribution is 2.19. The minimum absolute atomic E-state index is 0.0480. The van der Waals surface area contributed by atoms with Crippen molar-refractivity contribution < 1.29 is 4.79 Å². The van der Waals surface area contributed by atoms with Gasteiger partial charge in [0.1, 0.15) is 11.2 Å². The molecule has 0 fully saturated rings. The molecule has 2 aromatic heterocycles. The number of benzene rings is 1. The summed E-state index contributed by atoms with van der Waals surface area (Å²) in [6.45, 7) is 1.65. The summed E-state index contributed by atoms with van der Waals surface area (Å²) in [6, 6.07) is 11.9. The highest BCUT2D eigenvalue weighted by molar-refractivity contribution is 6.35. The Balaban J connectivity index is 2.28. The Morgan fingerprint density at radius 2 is 1.86 bits per heavy atom. The van der Waals surface area contributed by atoms with Crippen LogP contribution in [0.1, 0.15) is 21.6 Å². The second-order valence-electron chi connectivity index (χ2n) is 4.62. The number of aryl methyl sites for hydroxylation is 1. The maximum absolute atomic E-state index is 12.6. The van der Waals surface area contributed by atoms with Gasteiger partial charge in [-0.2, -0.15) is 0 Å². The lowest BCUT2D eigenvalue weighted by atomic mass is 10.0. The monoisotopic (exact) mass is 298 g/mol. The molecule has 5 heteroatoms. The van der Waals surface area contributed by atoms with Crippen LogP contribution in [0.15, 0.2) is 53.5 Å². The lowest BCUT2D eigenvalue weighted by molar-refractivity contribution is 0.103. The van der Waals surface area contributed by atoms with Gasteiger partial charge in [-0.3, -0.25) is 14.0 Å². The van der Waals surface area contributed by atoms with Crippen molar-refractivity contribution in [2.75, 3.05) is 0 Å². The van der Waals surface area contributed by atoms with E-state index in [1.165, 1.54) is 4.40 Å². The summed E-state index contributed by atoms with van der Waals surface area (Å²) in [6.07, 6.45) is 1.59. The number of nitrogens with zero attached hydrogens (tertiary/aromatic N) is 2. The molecule has 21 heavy (non-hydrogen) atoms. The zero-order valence-corrected chi connectivity index (χ0v) is 12.0. The molecule has 0 unspecified atom stereocenters. The third kappa shape index (κ3) is 2.23. The van der Waals surface area contributed by atoms with Gasteiger partial charge in [-0.1, -0.05) is 29.8 Å². The minimum Gasteiger partial charge on any atom is -0.288 e. The fraction of sp³-hybridized carbons (Fsp3) is 0.0625. The van der Waals surface area contributed by atoms with Crippen LogP contribution in [0, 0.1) is 6.92 Å². The molecule has 2 heterocycles.